The smallest absolute Gasteiger partial charge is 0.319 e. The molecule has 0 aliphatic carbocycles. The van der Waals surface area contributed by atoms with E-state index in [1.165, 1.54) is 0 Å². The number of carboxylic acid groups (broad SMARTS) is 1. The van der Waals surface area contributed by atoms with E-state index >= 15 is 0 Å². The molecule has 0 bridgehead atoms. The fourth-order valence-electron chi connectivity index (χ4n) is 1.33. The van der Waals surface area contributed by atoms with Gasteiger partial charge in [-0.1, -0.05) is 6.07 Å². The first-order valence-electron chi connectivity index (χ1n) is 5.52. The predicted molar refractivity (Wildman–Crippen MR) is 72.8 cm³/mol. The SMILES string of the molecule is Cc1ccc(NC(=O)NCCCC(=O)O)c(Br)c1. The molecule has 0 unspecified atom stereocenters. The van der Waals surface area contributed by atoms with Crippen LogP contribution in [-0.2, 0) is 4.79 Å². The molecule has 0 aliphatic heterocycles. The van der Waals surface area contributed by atoms with Crippen LogP contribution in [0.1, 0.15) is 18.4 Å². The minimum absolute atomic E-state index is 0.0501. The van der Waals surface area contributed by atoms with Crippen LogP contribution >= 0.6 is 15.9 Å². The lowest BCUT2D eigenvalue weighted by Gasteiger charge is -2.09. The molecule has 0 heterocycles. The first-order chi connectivity index (χ1) is 8.49. The summed E-state index contributed by atoms with van der Waals surface area (Å²) in [7, 11) is 0. The van der Waals surface area contributed by atoms with Gasteiger partial charge in [0.1, 0.15) is 0 Å². The van der Waals surface area contributed by atoms with E-state index in [0.29, 0.717) is 18.7 Å². The monoisotopic (exact) mass is 314 g/mol. The number of nitrogens with one attached hydrogen (secondary N) is 2. The Morgan fingerprint density at radius 1 is 1.39 bits per heavy atom. The fraction of sp³-hybridized carbons (Fsp3) is 0.333. The van der Waals surface area contributed by atoms with Crippen LogP contribution < -0.4 is 10.6 Å². The quantitative estimate of drug-likeness (QED) is 0.731. The van der Waals surface area contributed by atoms with E-state index in [1.807, 2.05) is 19.1 Å². The molecule has 0 fully saturated rings. The number of halogens is 1. The second kappa shape index (κ2) is 7.00. The summed E-state index contributed by atoms with van der Waals surface area (Å²) in [4.78, 5) is 21.8. The van der Waals surface area contributed by atoms with Crippen molar-refractivity contribution in [1.29, 1.82) is 0 Å². The highest BCUT2D eigenvalue weighted by atomic mass is 79.9. The van der Waals surface area contributed by atoms with Crippen molar-refractivity contribution in [2.45, 2.75) is 19.8 Å². The maximum Gasteiger partial charge on any atom is 0.319 e. The van der Waals surface area contributed by atoms with Gasteiger partial charge in [0.25, 0.3) is 0 Å². The number of aryl methyl sites for hydroxylation is 1. The number of carbonyl (C=O) groups is 2. The summed E-state index contributed by atoms with van der Waals surface area (Å²) in [5, 5.41) is 13.7. The first kappa shape index (κ1) is 14.5. The van der Waals surface area contributed by atoms with Gasteiger partial charge in [-0.25, -0.2) is 4.79 Å². The van der Waals surface area contributed by atoms with E-state index in [1.54, 1.807) is 6.07 Å². The molecule has 1 aromatic carbocycles. The third-order valence-corrected chi connectivity index (χ3v) is 2.88. The molecule has 98 valence electrons. The van der Waals surface area contributed by atoms with Gasteiger partial charge in [0.2, 0.25) is 0 Å². The molecule has 2 amide bonds. The van der Waals surface area contributed by atoms with Crippen LogP contribution in [0, 0.1) is 6.92 Å². The molecule has 5 nitrogen and oxygen atoms in total. The zero-order chi connectivity index (χ0) is 13.5. The van der Waals surface area contributed by atoms with E-state index in [0.717, 1.165) is 10.0 Å². The third-order valence-electron chi connectivity index (χ3n) is 2.23. The number of anilines is 1. The average Bonchev–Trinajstić information content (AvgIpc) is 2.28. The van der Waals surface area contributed by atoms with Crippen LogP contribution in [0.15, 0.2) is 22.7 Å². The van der Waals surface area contributed by atoms with E-state index in [2.05, 4.69) is 26.6 Å². The number of urea groups is 1. The Bertz CT molecular complexity index is 449. The largest absolute Gasteiger partial charge is 0.481 e. The van der Waals surface area contributed by atoms with Crippen LogP contribution in [0.25, 0.3) is 0 Å². The number of hydrogen-bond acceptors (Lipinski definition) is 2. The summed E-state index contributed by atoms with van der Waals surface area (Å²) in [6, 6.07) is 5.26. The van der Waals surface area contributed by atoms with E-state index in [9.17, 15) is 9.59 Å². The normalized spacial score (nSPS) is 9.89. The molecular weight excluding hydrogens is 300 g/mol. The average molecular weight is 315 g/mol. The summed E-state index contributed by atoms with van der Waals surface area (Å²) in [6.07, 6.45) is 0.465. The Balaban J connectivity index is 2.38. The van der Waals surface area contributed by atoms with E-state index < -0.39 is 5.97 Å². The molecule has 0 aliphatic rings. The van der Waals surface area contributed by atoms with Crippen LogP contribution in [-0.4, -0.2) is 23.7 Å². The summed E-state index contributed by atoms with van der Waals surface area (Å²) in [5.41, 5.74) is 1.77. The van der Waals surface area contributed by atoms with Crippen molar-refractivity contribution in [3.63, 3.8) is 0 Å². The molecule has 0 aromatic heterocycles. The Kier molecular flexibility index (Phi) is 5.64. The zero-order valence-corrected chi connectivity index (χ0v) is 11.6. The molecule has 0 atom stereocenters. The minimum atomic E-state index is -0.863. The van der Waals surface area contributed by atoms with Crippen molar-refractivity contribution < 1.29 is 14.7 Å². The molecule has 1 rings (SSSR count). The molecular formula is C12H15BrN2O3. The standard InChI is InChI=1S/C12H15BrN2O3/c1-8-4-5-10(9(13)7-8)15-12(18)14-6-2-3-11(16)17/h4-5,7H,2-3,6H2,1H3,(H,16,17)(H2,14,15,18). The van der Waals surface area contributed by atoms with Gasteiger partial charge in [-0.2, -0.15) is 0 Å². The molecule has 1 aromatic rings. The Morgan fingerprint density at radius 2 is 2.11 bits per heavy atom. The van der Waals surface area contributed by atoms with Crippen molar-refractivity contribution in [1.82, 2.24) is 5.32 Å². The molecule has 18 heavy (non-hydrogen) atoms. The lowest BCUT2D eigenvalue weighted by molar-refractivity contribution is -0.137. The number of benzene rings is 1. The minimum Gasteiger partial charge on any atom is -0.481 e. The Morgan fingerprint density at radius 3 is 2.72 bits per heavy atom. The van der Waals surface area contributed by atoms with Crippen molar-refractivity contribution in [3.8, 4) is 0 Å². The number of carbonyl (C=O) groups excluding carboxylic acids is 1. The molecule has 0 radical (unpaired) electrons. The number of amides is 2. The third kappa shape index (κ3) is 5.18. The van der Waals surface area contributed by atoms with Crippen LogP contribution in [0.5, 0.6) is 0 Å². The number of hydrogen-bond donors (Lipinski definition) is 3. The Hall–Kier alpha value is -1.56. The summed E-state index contributed by atoms with van der Waals surface area (Å²) in [6.45, 7) is 2.29. The van der Waals surface area contributed by atoms with Gasteiger partial charge in [0.15, 0.2) is 0 Å². The van der Waals surface area contributed by atoms with Gasteiger partial charge in [-0.15, -0.1) is 0 Å². The van der Waals surface area contributed by atoms with Gasteiger partial charge < -0.3 is 15.7 Å². The summed E-state index contributed by atoms with van der Waals surface area (Å²) in [5.74, 6) is -0.863. The molecule has 3 N–H and O–H groups in total. The first-order valence-corrected chi connectivity index (χ1v) is 6.31. The van der Waals surface area contributed by atoms with E-state index in [-0.39, 0.29) is 12.5 Å². The summed E-state index contributed by atoms with van der Waals surface area (Å²) >= 11 is 3.36. The van der Waals surface area contributed by atoms with Crippen LogP contribution in [0.3, 0.4) is 0 Å². The highest BCUT2D eigenvalue weighted by Crippen LogP contribution is 2.23. The number of carboxylic acids is 1. The van der Waals surface area contributed by atoms with Crippen molar-refractivity contribution in [2.75, 3.05) is 11.9 Å². The highest BCUT2D eigenvalue weighted by Gasteiger charge is 2.05. The topological polar surface area (TPSA) is 78.4 Å². The molecule has 0 saturated carbocycles. The lowest BCUT2D eigenvalue weighted by atomic mass is 10.2. The maximum atomic E-state index is 11.5. The second-order valence-electron chi connectivity index (χ2n) is 3.86. The number of rotatable bonds is 5. The summed E-state index contributed by atoms with van der Waals surface area (Å²) < 4.78 is 0.809. The molecule has 6 heteroatoms. The van der Waals surface area contributed by atoms with Crippen molar-refractivity contribution in [3.05, 3.63) is 28.2 Å². The van der Waals surface area contributed by atoms with Gasteiger partial charge >= 0.3 is 12.0 Å². The van der Waals surface area contributed by atoms with Gasteiger partial charge in [-0.05, 0) is 47.0 Å². The van der Waals surface area contributed by atoms with Gasteiger partial charge in [0.05, 0.1) is 5.69 Å². The second-order valence-corrected chi connectivity index (χ2v) is 4.72. The van der Waals surface area contributed by atoms with Gasteiger partial charge in [-0.3, -0.25) is 4.79 Å². The molecule has 0 spiro atoms. The van der Waals surface area contributed by atoms with E-state index in [4.69, 9.17) is 5.11 Å². The zero-order valence-electron chi connectivity index (χ0n) is 10.00. The van der Waals surface area contributed by atoms with Gasteiger partial charge in [0, 0.05) is 17.4 Å². The molecule has 0 saturated heterocycles. The lowest BCUT2D eigenvalue weighted by Crippen LogP contribution is -2.29. The predicted octanol–water partition coefficient (Wildman–Crippen LogP) is 2.74. The van der Waals surface area contributed by atoms with Crippen molar-refractivity contribution >= 4 is 33.6 Å². The van der Waals surface area contributed by atoms with Crippen LogP contribution in [0.4, 0.5) is 10.5 Å². The Labute approximate surface area is 114 Å². The highest BCUT2D eigenvalue weighted by molar-refractivity contribution is 9.10. The maximum absolute atomic E-state index is 11.5. The fourth-order valence-corrected chi connectivity index (χ4v) is 1.92. The van der Waals surface area contributed by atoms with Crippen LogP contribution in [0.2, 0.25) is 0 Å². The van der Waals surface area contributed by atoms with Crippen molar-refractivity contribution in [2.24, 2.45) is 0 Å². The number of aliphatic carboxylic acids is 1.